The fourth-order valence-electron chi connectivity index (χ4n) is 3.20. The van der Waals surface area contributed by atoms with Gasteiger partial charge in [0.25, 0.3) is 0 Å². The second kappa shape index (κ2) is 7.39. The van der Waals surface area contributed by atoms with Crippen molar-refractivity contribution in [3.63, 3.8) is 0 Å². The Labute approximate surface area is 159 Å². The molecule has 3 rings (SSSR count). The molecular weight excluding hydrogens is 372 g/mol. The van der Waals surface area contributed by atoms with Crippen LogP contribution in [0.25, 0.3) is 0 Å². The second-order valence-corrected chi connectivity index (χ2v) is 8.84. The molecule has 1 heterocycles. The first-order valence-corrected chi connectivity index (χ1v) is 10.3. The Hall–Kier alpha value is -1.89. The monoisotopic (exact) mass is 392 g/mol. The van der Waals surface area contributed by atoms with Gasteiger partial charge in [0.05, 0.1) is 4.90 Å². The molecule has 1 aliphatic heterocycles. The van der Waals surface area contributed by atoms with Gasteiger partial charge in [0.1, 0.15) is 0 Å². The second-order valence-electron chi connectivity index (χ2n) is 6.67. The summed E-state index contributed by atoms with van der Waals surface area (Å²) in [5.74, 6) is -0.0817. The summed E-state index contributed by atoms with van der Waals surface area (Å²) in [7, 11) is -3.60. The van der Waals surface area contributed by atoms with Crippen molar-refractivity contribution < 1.29 is 13.2 Å². The van der Waals surface area contributed by atoms with Gasteiger partial charge in [-0.25, -0.2) is 13.1 Å². The standard InChI is InChI=1S/C19H21ClN2O3S/c1-13-3-8-18(14(2)9-13)26(24,25)21-11-15-10-19(23)22(12-15)17-6-4-16(20)5-7-17/h3-9,15,21H,10-12H2,1-2H3/t15-/m0/s1. The molecule has 0 aliphatic carbocycles. The minimum absolute atomic E-state index is 0.0111. The van der Waals surface area contributed by atoms with Crippen LogP contribution in [0, 0.1) is 19.8 Å². The van der Waals surface area contributed by atoms with E-state index in [1.807, 2.05) is 13.0 Å². The van der Waals surface area contributed by atoms with Crippen LogP contribution in [0.4, 0.5) is 5.69 Å². The molecule has 5 nitrogen and oxygen atoms in total. The molecule has 2 aromatic carbocycles. The lowest BCUT2D eigenvalue weighted by Gasteiger charge is -2.17. The summed E-state index contributed by atoms with van der Waals surface area (Å²) < 4.78 is 27.8. The van der Waals surface area contributed by atoms with Crippen LogP contribution in [-0.2, 0) is 14.8 Å². The Morgan fingerprint density at radius 3 is 2.50 bits per heavy atom. The van der Waals surface area contributed by atoms with Crippen LogP contribution in [0.2, 0.25) is 5.02 Å². The number of carbonyl (C=O) groups is 1. The molecule has 0 spiro atoms. The third-order valence-electron chi connectivity index (χ3n) is 4.53. The fraction of sp³-hybridized carbons (Fsp3) is 0.316. The molecule has 2 aromatic rings. The molecule has 0 bridgehead atoms. The van der Waals surface area contributed by atoms with Gasteiger partial charge in [-0.15, -0.1) is 0 Å². The van der Waals surface area contributed by atoms with Crippen LogP contribution in [0.1, 0.15) is 17.5 Å². The van der Waals surface area contributed by atoms with E-state index in [9.17, 15) is 13.2 Å². The Bertz CT molecular complexity index is 926. The maximum absolute atomic E-state index is 12.6. The number of halogens is 1. The van der Waals surface area contributed by atoms with E-state index in [1.165, 1.54) is 0 Å². The largest absolute Gasteiger partial charge is 0.312 e. The van der Waals surface area contributed by atoms with E-state index in [0.717, 1.165) is 11.3 Å². The number of benzene rings is 2. The van der Waals surface area contributed by atoms with E-state index in [-0.39, 0.29) is 23.3 Å². The molecule has 0 unspecified atom stereocenters. The van der Waals surface area contributed by atoms with Crippen LogP contribution < -0.4 is 9.62 Å². The highest BCUT2D eigenvalue weighted by molar-refractivity contribution is 7.89. The molecular formula is C19H21ClN2O3S. The smallest absolute Gasteiger partial charge is 0.240 e. The first kappa shape index (κ1) is 18.9. The van der Waals surface area contributed by atoms with Gasteiger partial charge in [0, 0.05) is 30.2 Å². The molecule has 1 N–H and O–H groups in total. The number of sulfonamides is 1. The lowest BCUT2D eigenvalue weighted by Crippen LogP contribution is -2.31. The molecule has 7 heteroatoms. The van der Waals surface area contributed by atoms with Crippen molar-refractivity contribution in [3.8, 4) is 0 Å². The third kappa shape index (κ3) is 4.09. The van der Waals surface area contributed by atoms with Gasteiger partial charge in [-0.05, 0) is 55.7 Å². The van der Waals surface area contributed by atoms with Gasteiger partial charge < -0.3 is 4.90 Å². The van der Waals surface area contributed by atoms with Gasteiger partial charge in [0.2, 0.25) is 15.9 Å². The molecule has 0 radical (unpaired) electrons. The summed E-state index contributed by atoms with van der Waals surface area (Å²) in [5.41, 5.74) is 2.50. The Morgan fingerprint density at radius 1 is 1.15 bits per heavy atom. The number of nitrogens with zero attached hydrogens (tertiary/aromatic N) is 1. The fourth-order valence-corrected chi connectivity index (χ4v) is 4.66. The first-order valence-electron chi connectivity index (χ1n) is 8.39. The molecule has 1 amide bonds. The number of hydrogen-bond acceptors (Lipinski definition) is 3. The van der Waals surface area contributed by atoms with Crippen LogP contribution in [0.15, 0.2) is 47.4 Å². The molecule has 1 atom stereocenters. The molecule has 0 aromatic heterocycles. The van der Waals surface area contributed by atoms with Gasteiger partial charge in [-0.1, -0.05) is 29.3 Å². The highest BCUT2D eigenvalue weighted by Gasteiger charge is 2.31. The number of carbonyl (C=O) groups excluding carboxylic acids is 1. The maximum Gasteiger partial charge on any atom is 0.240 e. The molecule has 0 saturated carbocycles. The Kier molecular flexibility index (Phi) is 5.37. The van der Waals surface area contributed by atoms with E-state index < -0.39 is 10.0 Å². The van der Waals surface area contributed by atoms with Crippen LogP contribution in [0.5, 0.6) is 0 Å². The van der Waals surface area contributed by atoms with Crippen molar-refractivity contribution in [3.05, 3.63) is 58.6 Å². The maximum atomic E-state index is 12.6. The van der Waals surface area contributed by atoms with Crippen LogP contribution >= 0.6 is 11.6 Å². The zero-order valence-electron chi connectivity index (χ0n) is 14.7. The van der Waals surface area contributed by atoms with Crippen molar-refractivity contribution in [2.24, 2.45) is 5.92 Å². The summed E-state index contributed by atoms with van der Waals surface area (Å²) >= 11 is 5.88. The van der Waals surface area contributed by atoms with Crippen molar-refractivity contribution >= 4 is 33.2 Å². The summed E-state index contributed by atoms with van der Waals surface area (Å²) in [6.07, 6.45) is 0.317. The van der Waals surface area contributed by atoms with E-state index in [4.69, 9.17) is 11.6 Å². The number of rotatable bonds is 5. The van der Waals surface area contributed by atoms with E-state index >= 15 is 0 Å². The van der Waals surface area contributed by atoms with Crippen molar-refractivity contribution in [2.45, 2.75) is 25.2 Å². The summed E-state index contributed by atoms with van der Waals surface area (Å²) in [6, 6.07) is 12.3. The van der Waals surface area contributed by atoms with E-state index in [0.29, 0.717) is 23.6 Å². The summed E-state index contributed by atoms with van der Waals surface area (Å²) in [5, 5.41) is 0.609. The SMILES string of the molecule is Cc1ccc(S(=O)(=O)NC[C@@H]2CC(=O)N(c3ccc(Cl)cc3)C2)c(C)c1. The van der Waals surface area contributed by atoms with Crippen LogP contribution in [0.3, 0.4) is 0 Å². The predicted molar refractivity (Wildman–Crippen MR) is 103 cm³/mol. The number of aryl methyl sites for hydroxylation is 2. The highest BCUT2D eigenvalue weighted by Crippen LogP contribution is 2.26. The van der Waals surface area contributed by atoms with Crippen molar-refractivity contribution in [2.75, 3.05) is 18.0 Å². The Morgan fingerprint density at radius 2 is 1.85 bits per heavy atom. The normalized spacial score (nSPS) is 17.7. The summed E-state index contributed by atoms with van der Waals surface area (Å²) in [6.45, 7) is 4.41. The van der Waals surface area contributed by atoms with Gasteiger partial charge in [-0.3, -0.25) is 4.79 Å². The molecule has 1 fully saturated rings. The lowest BCUT2D eigenvalue weighted by molar-refractivity contribution is -0.117. The van der Waals surface area contributed by atoms with E-state index in [1.54, 1.807) is 48.2 Å². The molecule has 26 heavy (non-hydrogen) atoms. The lowest BCUT2D eigenvalue weighted by atomic mass is 10.1. The topological polar surface area (TPSA) is 66.5 Å². The highest BCUT2D eigenvalue weighted by atomic mass is 35.5. The van der Waals surface area contributed by atoms with Gasteiger partial charge in [0.15, 0.2) is 0 Å². The minimum Gasteiger partial charge on any atom is -0.312 e. The quantitative estimate of drug-likeness (QED) is 0.849. The number of nitrogens with one attached hydrogen (secondary N) is 1. The van der Waals surface area contributed by atoms with Crippen molar-refractivity contribution in [1.82, 2.24) is 4.72 Å². The van der Waals surface area contributed by atoms with E-state index in [2.05, 4.69) is 4.72 Å². The average Bonchev–Trinajstić information content (AvgIpc) is 2.94. The molecule has 1 saturated heterocycles. The predicted octanol–water partition coefficient (Wildman–Crippen LogP) is 3.29. The van der Waals surface area contributed by atoms with Gasteiger partial charge in [-0.2, -0.15) is 0 Å². The minimum atomic E-state index is -3.60. The molecule has 1 aliphatic rings. The number of amides is 1. The first-order chi connectivity index (χ1) is 12.3. The van der Waals surface area contributed by atoms with Gasteiger partial charge >= 0.3 is 0 Å². The zero-order chi connectivity index (χ0) is 18.9. The van der Waals surface area contributed by atoms with Crippen LogP contribution in [-0.4, -0.2) is 27.4 Å². The Balaban J connectivity index is 1.66. The zero-order valence-corrected chi connectivity index (χ0v) is 16.3. The average molecular weight is 393 g/mol. The third-order valence-corrected chi connectivity index (χ3v) is 6.36. The number of anilines is 1. The molecule has 138 valence electrons. The van der Waals surface area contributed by atoms with Crippen molar-refractivity contribution in [1.29, 1.82) is 0 Å². The number of hydrogen-bond donors (Lipinski definition) is 1. The summed E-state index contributed by atoms with van der Waals surface area (Å²) in [4.78, 5) is 14.2.